The summed E-state index contributed by atoms with van der Waals surface area (Å²) < 4.78 is 26.7. The number of rotatable bonds is 0. The van der Waals surface area contributed by atoms with Gasteiger partial charge in [0.25, 0.3) is 11.8 Å². The molecule has 11 heteroatoms. The molecular formula is C27H31FN4O6. The van der Waals surface area contributed by atoms with E-state index in [0.29, 0.717) is 44.0 Å². The number of allylic oxidation sites excluding steroid dienone is 1. The first kappa shape index (κ1) is 25.8. The third kappa shape index (κ3) is 5.10. The normalized spacial score (nSPS) is 21.7. The first-order valence-electron chi connectivity index (χ1n) is 12.9. The summed E-state index contributed by atoms with van der Waals surface area (Å²) in [5.74, 6) is -2.14. The molecule has 1 saturated heterocycles. The molecule has 0 spiro atoms. The number of hydrogen-bond acceptors (Lipinski definition) is 7. The molecular weight excluding hydrogens is 495 g/mol. The molecule has 2 amide bonds. The number of amides is 2. The van der Waals surface area contributed by atoms with Gasteiger partial charge in [0.15, 0.2) is 11.4 Å². The van der Waals surface area contributed by atoms with Gasteiger partial charge in [-0.15, -0.1) is 0 Å². The minimum absolute atomic E-state index is 0.0286. The molecule has 3 aliphatic heterocycles. The third-order valence-corrected chi connectivity index (χ3v) is 7.03. The van der Waals surface area contributed by atoms with E-state index in [-0.39, 0.29) is 24.4 Å². The van der Waals surface area contributed by atoms with Crippen molar-refractivity contribution >= 4 is 11.8 Å². The van der Waals surface area contributed by atoms with Gasteiger partial charge in [-0.2, -0.15) is 0 Å². The van der Waals surface area contributed by atoms with Gasteiger partial charge in [0.05, 0.1) is 19.8 Å². The van der Waals surface area contributed by atoms with Crippen LogP contribution < -0.4 is 20.5 Å². The van der Waals surface area contributed by atoms with Crippen LogP contribution in [0.25, 0.3) is 0 Å². The van der Waals surface area contributed by atoms with Gasteiger partial charge >= 0.3 is 0 Å². The fraction of sp³-hybridized carbons (Fsp3) is 0.444. The van der Waals surface area contributed by atoms with Crippen LogP contribution in [0.1, 0.15) is 58.5 Å². The molecule has 0 unspecified atom stereocenters. The first-order valence-corrected chi connectivity index (χ1v) is 12.9. The van der Waals surface area contributed by atoms with Crippen molar-refractivity contribution in [3.05, 3.63) is 69.4 Å². The molecule has 2 N–H and O–H groups in total. The van der Waals surface area contributed by atoms with Crippen molar-refractivity contribution in [1.29, 1.82) is 0 Å². The van der Waals surface area contributed by atoms with E-state index in [2.05, 4.69) is 11.4 Å². The average molecular weight is 527 g/mol. The second kappa shape index (κ2) is 11.3. The van der Waals surface area contributed by atoms with E-state index in [1.807, 2.05) is 11.1 Å². The van der Waals surface area contributed by atoms with Gasteiger partial charge in [0.2, 0.25) is 5.43 Å². The lowest BCUT2D eigenvalue weighted by Crippen LogP contribution is -2.65. The molecule has 5 rings (SSSR count). The van der Waals surface area contributed by atoms with E-state index in [4.69, 9.17) is 9.47 Å². The van der Waals surface area contributed by atoms with Crippen molar-refractivity contribution in [1.82, 2.24) is 14.9 Å². The third-order valence-electron chi connectivity index (χ3n) is 7.03. The van der Waals surface area contributed by atoms with E-state index in [1.165, 1.54) is 29.1 Å². The van der Waals surface area contributed by atoms with Crippen molar-refractivity contribution < 1.29 is 28.6 Å². The second-order valence-electron chi connectivity index (χ2n) is 9.52. The Bertz CT molecular complexity index is 1310. The summed E-state index contributed by atoms with van der Waals surface area (Å²) in [6.45, 7) is 1.83. The summed E-state index contributed by atoms with van der Waals surface area (Å²) in [4.78, 5) is 41.1. The van der Waals surface area contributed by atoms with Crippen LogP contribution in [0, 0.1) is 5.82 Å². The highest BCUT2D eigenvalue weighted by Crippen LogP contribution is 2.27. The fourth-order valence-corrected chi connectivity index (χ4v) is 5.03. The van der Waals surface area contributed by atoms with E-state index in [1.54, 1.807) is 4.90 Å². The van der Waals surface area contributed by atoms with Gasteiger partial charge < -0.3 is 24.8 Å². The van der Waals surface area contributed by atoms with E-state index < -0.39 is 35.0 Å². The number of halogens is 1. The quantitative estimate of drug-likeness (QED) is 0.507. The van der Waals surface area contributed by atoms with Crippen molar-refractivity contribution in [3.8, 4) is 11.5 Å². The molecule has 2 aromatic rings. The molecule has 0 radical (unpaired) electrons. The Morgan fingerprint density at radius 2 is 1.87 bits per heavy atom. The Morgan fingerprint density at radius 1 is 1.03 bits per heavy atom. The predicted octanol–water partition coefficient (Wildman–Crippen LogP) is 2.27. The number of fused-ring (bicyclic) bond motifs is 4. The number of benzene rings is 1. The number of carbonyl (C=O) groups is 2. The zero-order valence-electron chi connectivity index (χ0n) is 21.0. The molecule has 1 aromatic carbocycles. The lowest BCUT2D eigenvalue weighted by Gasteiger charge is -2.48. The van der Waals surface area contributed by atoms with Gasteiger partial charge in [0.1, 0.15) is 23.3 Å². The van der Waals surface area contributed by atoms with Crippen LogP contribution in [-0.4, -0.2) is 65.6 Å². The molecule has 202 valence electrons. The van der Waals surface area contributed by atoms with Crippen LogP contribution in [0.5, 0.6) is 11.5 Å². The first-order chi connectivity index (χ1) is 18.5. The number of aromatic hydroxyl groups is 1. The number of pyridine rings is 1. The zero-order chi connectivity index (χ0) is 26.6. The predicted molar refractivity (Wildman–Crippen MR) is 136 cm³/mol. The summed E-state index contributed by atoms with van der Waals surface area (Å²) in [5.41, 5.74) is -0.856. The summed E-state index contributed by atoms with van der Waals surface area (Å²) in [5, 5.41) is 15.4. The lowest BCUT2D eigenvalue weighted by atomic mass is 10.1. The van der Waals surface area contributed by atoms with Crippen LogP contribution in [0.4, 0.5) is 4.39 Å². The Hall–Kier alpha value is -3.86. The van der Waals surface area contributed by atoms with Crippen LogP contribution >= 0.6 is 0 Å². The second-order valence-corrected chi connectivity index (χ2v) is 9.52. The maximum Gasteiger partial charge on any atom is 0.278 e. The van der Waals surface area contributed by atoms with Gasteiger partial charge in [-0.3, -0.25) is 24.1 Å². The van der Waals surface area contributed by atoms with Gasteiger partial charge in [0, 0.05) is 37.5 Å². The van der Waals surface area contributed by atoms with Gasteiger partial charge in [-0.25, -0.2) is 4.39 Å². The van der Waals surface area contributed by atoms with Crippen LogP contribution in [0.2, 0.25) is 0 Å². The van der Waals surface area contributed by atoms with Crippen LogP contribution in [-0.2, 0) is 11.3 Å². The van der Waals surface area contributed by atoms with Crippen LogP contribution in [0.3, 0.4) is 0 Å². The van der Waals surface area contributed by atoms with Crippen molar-refractivity contribution in [2.24, 2.45) is 0 Å². The Morgan fingerprint density at radius 3 is 2.74 bits per heavy atom. The maximum atomic E-state index is 13.9. The highest BCUT2D eigenvalue weighted by Gasteiger charge is 2.42. The number of hydrogen-bond donors (Lipinski definition) is 2. The molecule has 38 heavy (non-hydrogen) atoms. The standard InChI is InChI=1S/C27H31FN4O6/c28-19-9-8-18-15-29-26(35)20-16-32-23(25(34)24(20)33)27(36)30-11-13-37-17-22(30)31(32)10-6-4-2-1-3-5-7-12-38-21(18)14-19/h3,5,8-9,14,16,22,34H,1-2,4,6-7,10-13,15,17H2,(H,29,35)/b5-3-/t22-/m0/s1. The van der Waals surface area contributed by atoms with E-state index in [0.717, 1.165) is 25.7 Å². The molecule has 0 saturated carbocycles. The van der Waals surface area contributed by atoms with Crippen LogP contribution in [0.15, 0.2) is 41.3 Å². The molecule has 3 aliphatic rings. The molecule has 1 aromatic heterocycles. The summed E-state index contributed by atoms with van der Waals surface area (Å²) in [7, 11) is 0. The Kier molecular flexibility index (Phi) is 7.64. The minimum atomic E-state index is -0.929. The molecule has 2 bridgehead atoms. The van der Waals surface area contributed by atoms with Crippen molar-refractivity contribution in [2.75, 3.05) is 37.9 Å². The molecule has 1 atom stereocenters. The number of nitrogens with zero attached hydrogens (tertiary/aromatic N) is 3. The monoisotopic (exact) mass is 526 g/mol. The smallest absolute Gasteiger partial charge is 0.278 e. The summed E-state index contributed by atoms with van der Waals surface area (Å²) >= 11 is 0. The average Bonchev–Trinajstić information content (AvgIpc) is 2.91. The minimum Gasteiger partial charge on any atom is -0.502 e. The fourth-order valence-electron chi connectivity index (χ4n) is 5.03. The summed E-state index contributed by atoms with van der Waals surface area (Å²) in [6, 6.07) is 4.04. The SMILES string of the molecule is O=C1NCc2ccc(F)cc2OCC/C=C\CCCCCN2[C@H]3COCCN3C(=O)c3c(O)c(=O)c1cn32. The van der Waals surface area contributed by atoms with E-state index >= 15 is 0 Å². The number of morpholine rings is 1. The van der Waals surface area contributed by atoms with Gasteiger partial charge in [-0.1, -0.05) is 24.6 Å². The molecule has 0 aliphatic carbocycles. The van der Waals surface area contributed by atoms with Gasteiger partial charge in [-0.05, 0) is 31.7 Å². The summed E-state index contributed by atoms with van der Waals surface area (Å²) in [6.07, 6.45) is 9.26. The Labute approximate surface area is 219 Å². The highest BCUT2D eigenvalue weighted by atomic mass is 19.1. The number of ether oxygens (including phenoxy) is 2. The molecule has 4 heterocycles. The topological polar surface area (TPSA) is 113 Å². The van der Waals surface area contributed by atoms with Crippen molar-refractivity contribution in [2.45, 2.75) is 44.8 Å². The lowest BCUT2D eigenvalue weighted by molar-refractivity contribution is -0.0173. The van der Waals surface area contributed by atoms with Crippen molar-refractivity contribution in [3.63, 3.8) is 0 Å². The molecule has 1 fully saturated rings. The number of carbonyl (C=O) groups excluding carboxylic acids is 2. The van der Waals surface area contributed by atoms with E-state index in [9.17, 15) is 23.9 Å². The Balaban J connectivity index is 1.52. The zero-order valence-corrected chi connectivity index (χ0v) is 21.0. The number of nitrogens with one attached hydrogen (secondary N) is 1. The maximum absolute atomic E-state index is 13.9. The highest BCUT2D eigenvalue weighted by molar-refractivity contribution is 5.99. The molecule has 10 nitrogen and oxygen atoms in total. The number of aromatic nitrogens is 1. The largest absolute Gasteiger partial charge is 0.502 e.